The number of carbonyl (C=O) groups is 1. The van der Waals surface area contributed by atoms with E-state index >= 15 is 0 Å². The molecule has 0 aromatic heterocycles. The van der Waals surface area contributed by atoms with E-state index in [0.29, 0.717) is 18.2 Å². The molecule has 1 amide bonds. The van der Waals surface area contributed by atoms with Crippen LogP contribution in [0.1, 0.15) is 38.2 Å². The van der Waals surface area contributed by atoms with Crippen molar-refractivity contribution in [3.8, 4) is 5.75 Å². The van der Waals surface area contributed by atoms with Crippen molar-refractivity contribution in [2.45, 2.75) is 45.3 Å². The lowest BCUT2D eigenvalue weighted by atomic mass is 9.89. The predicted octanol–water partition coefficient (Wildman–Crippen LogP) is 2.27. The molecule has 128 valence electrons. The highest BCUT2D eigenvalue weighted by Crippen LogP contribution is 2.25. The van der Waals surface area contributed by atoms with E-state index in [2.05, 4.69) is 12.2 Å². The van der Waals surface area contributed by atoms with Crippen LogP contribution < -0.4 is 10.1 Å². The Morgan fingerprint density at radius 1 is 1.35 bits per heavy atom. The number of benzene rings is 1. The maximum Gasteiger partial charge on any atom is 0.246 e. The van der Waals surface area contributed by atoms with Gasteiger partial charge < -0.3 is 19.9 Å². The molecule has 2 N–H and O–H groups in total. The van der Waals surface area contributed by atoms with Gasteiger partial charge >= 0.3 is 0 Å². The van der Waals surface area contributed by atoms with E-state index in [-0.39, 0.29) is 31.8 Å². The fourth-order valence-electron chi connectivity index (χ4n) is 2.91. The third kappa shape index (κ3) is 6.20. The van der Waals surface area contributed by atoms with E-state index in [1.54, 1.807) is 0 Å². The number of nitrogens with one attached hydrogen (secondary N) is 1. The van der Waals surface area contributed by atoms with Crippen LogP contribution in [0.15, 0.2) is 24.3 Å². The molecule has 0 saturated heterocycles. The standard InChI is InChI=1S/C18H27NO4/c1-14-5-4-7-16(11-14)23-13-18(21)19-12-15-6-2-3-8-17(15)22-10-9-20/h2-3,6,8,14,16,20H,4-5,7,9-13H2,1H3,(H,19,21). The Hall–Kier alpha value is -1.59. The Balaban J connectivity index is 1.73. The summed E-state index contributed by atoms with van der Waals surface area (Å²) in [6.45, 7) is 2.95. The Morgan fingerprint density at radius 2 is 2.17 bits per heavy atom. The molecule has 0 spiro atoms. The summed E-state index contributed by atoms with van der Waals surface area (Å²) in [5, 5.41) is 11.7. The SMILES string of the molecule is CC1CCCC(OCC(=O)NCc2ccccc2OCCO)C1. The van der Waals surface area contributed by atoms with Crippen LogP contribution in [0.3, 0.4) is 0 Å². The number of carbonyl (C=O) groups excluding carboxylic acids is 1. The van der Waals surface area contributed by atoms with Gasteiger partial charge in [-0.3, -0.25) is 4.79 Å². The first kappa shape index (κ1) is 17.8. The minimum absolute atomic E-state index is 0.0334. The summed E-state index contributed by atoms with van der Waals surface area (Å²) in [7, 11) is 0. The molecule has 0 bridgehead atoms. The van der Waals surface area contributed by atoms with Crippen molar-refractivity contribution >= 4 is 5.91 Å². The lowest BCUT2D eigenvalue weighted by Crippen LogP contribution is -2.31. The molecule has 5 nitrogen and oxygen atoms in total. The van der Waals surface area contributed by atoms with E-state index in [4.69, 9.17) is 14.6 Å². The highest BCUT2D eigenvalue weighted by Gasteiger charge is 2.20. The zero-order valence-electron chi connectivity index (χ0n) is 13.8. The number of rotatable bonds is 8. The van der Waals surface area contributed by atoms with Gasteiger partial charge in [-0.2, -0.15) is 0 Å². The molecule has 2 rings (SSSR count). The van der Waals surface area contributed by atoms with Crippen molar-refractivity contribution in [3.63, 3.8) is 0 Å². The van der Waals surface area contributed by atoms with E-state index < -0.39 is 0 Å². The highest BCUT2D eigenvalue weighted by atomic mass is 16.5. The number of aliphatic hydroxyl groups is 1. The van der Waals surface area contributed by atoms with Crippen molar-refractivity contribution in [1.82, 2.24) is 5.32 Å². The molecule has 0 aliphatic heterocycles. The van der Waals surface area contributed by atoms with Gasteiger partial charge in [-0.15, -0.1) is 0 Å². The van der Waals surface area contributed by atoms with Gasteiger partial charge in [-0.1, -0.05) is 38.0 Å². The smallest absolute Gasteiger partial charge is 0.246 e. The molecule has 1 aromatic carbocycles. The van der Waals surface area contributed by atoms with Crippen LogP contribution in [0.5, 0.6) is 5.75 Å². The largest absolute Gasteiger partial charge is 0.491 e. The fraction of sp³-hybridized carbons (Fsp3) is 0.611. The minimum Gasteiger partial charge on any atom is -0.491 e. The summed E-state index contributed by atoms with van der Waals surface area (Å²) in [6.07, 6.45) is 4.75. The Bertz CT molecular complexity index is 492. The third-order valence-corrected chi connectivity index (χ3v) is 4.14. The van der Waals surface area contributed by atoms with Crippen LogP contribution >= 0.6 is 0 Å². The third-order valence-electron chi connectivity index (χ3n) is 4.14. The number of hydrogen-bond donors (Lipinski definition) is 2. The molecule has 23 heavy (non-hydrogen) atoms. The number of ether oxygens (including phenoxy) is 2. The quantitative estimate of drug-likeness (QED) is 0.771. The molecule has 1 fully saturated rings. The summed E-state index contributed by atoms with van der Waals surface area (Å²) < 4.78 is 11.2. The molecule has 1 aliphatic rings. The summed E-state index contributed by atoms with van der Waals surface area (Å²) in [6, 6.07) is 7.49. The van der Waals surface area contributed by atoms with Crippen molar-refractivity contribution in [2.24, 2.45) is 5.92 Å². The number of amides is 1. The Labute approximate surface area is 138 Å². The lowest BCUT2D eigenvalue weighted by molar-refractivity contribution is -0.128. The number of hydrogen-bond acceptors (Lipinski definition) is 4. The Morgan fingerprint density at radius 3 is 2.96 bits per heavy atom. The van der Waals surface area contributed by atoms with Gasteiger partial charge in [0.25, 0.3) is 0 Å². The van der Waals surface area contributed by atoms with Crippen molar-refractivity contribution < 1.29 is 19.4 Å². The van der Waals surface area contributed by atoms with E-state index in [1.807, 2.05) is 24.3 Å². The van der Waals surface area contributed by atoms with Crippen molar-refractivity contribution in [1.29, 1.82) is 0 Å². The van der Waals surface area contributed by atoms with Gasteiger partial charge in [0.05, 0.1) is 12.7 Å². The molecule has 1 aromatic rings. The normalized spacial score (nSPS) is 21.0. The molecular formula is C18H27NO4. The van der Waals surface area contributed by atoms with Crippen molar-refractivity contribution in [2.75, 3.05) is 19.8 Å². The molecule has 1 saturated carbocycles. The van der Waals surface area contributed by atoms with Gasteiger partial charge in [-0.05, 0) is 24.8 Å². The molecule has 0 radical (unpaired) electrons. The summed E-state index contributed by atoms with van der Waals surface area (Å²) in [5.41, 5.74) is 0.889. The molecule has 2 atom stereocenters. The van der Waals surface area contributed by atoms with Crippen LogP contribution in [0.2, 0.25) is 0 Å². The molecular weight excluding hydrogens is 294 g/mol. The predicted molar refractivity (Wildman–Crippen MR) is 88.2 cm³/mol. The van der Waals surface area contributed by atoms with Gasteiger partial charge in [0.1, 0.15) is 19.0 Å². The van der Waals surface area contributed by atoms with E-state index in [1.165, 1.54) is 12.8 Å². The molecule has 5 heteroatoms. The first-order valence-electron chi connectivity index (χ1n) is 8.39. The average molecular weight is 321 g/mol. The molecule has 2 unspecified atom stereocenters. The lowest BCUT2D eigenvalue weighted by Gasteiger charge is -2.26. The van der Waals surface area contributed by atoms with Crippen LogP contribution in [-0.2, 0) is 16.1 Å². The maximum atomic E-state index is 11.9. The zero-order valence-corrected chi connectivity index (χ0v) is 13.8. The minimum atomic E-state index is -0.111. The van der Waals surface area contributed by atoms with Crippen LogP contribution in [0, 0.1) is 5.92 Å². The van der Waals surface area contributed by atoms with Crippen LogP contribution in [0.4, 0.5) is 0 Å². The van der Waals surface area contributed by atoms with Gasteiger partial charge in [0, 0.05) is 12.1 Å². The average Bonchev–Trinajstić information content (AvgIpc) is 2.57. The van der Waals surface area contributed by atoms with Gasteiger partial charge in [0.2, 0.25) is 5.91 Å². The number of para-hydroxylation sites is 1. The van der Waals surface area contributed by atoms with E-state index in [9.17, 15) is 4.79 Å². The Kier molecular flexibility index (Phi) is 7.36. The topological polar surface area (TPSA) is 67.8 Å². The zero-order chi connectivity index (χ0) is 16.5. The first-order valence-corrected chi connectivity index (χ1v) is 8.39. The maximum absolute atomic E-state index is 11.9. The van der Waals surface area contributed by atoms with Crippen LogP contribution in [-0.4, -0.2) is 36.9 Å². The summed E-state index contributed by atoms with van der Waals surface area (Å²) in [4.78, 5) is 11.9. The van der Waals surface area contributed by atoms with Gasteiger partial charge in [-0.25, -0.2) is 0 Å². The summed E-state index contributed by atoms with van der Waals surface area (Å²) in [5.74, 6) is 1.26. The number of aliphatic hydroxyl groups excluding tert-OH is 1. The second-order valence-electron chi connectivity index (χ2n) is 6.16. The first-order chi connectivity index (χ1) is 11.2. The van der Waals surface area contributed by atoms with E-state index in [0.717, 1.165) is 18.4 Å². The molecule has 1 aliphatic carbocycles. The van der Waals surface area contributed by atoms with Gasteiger partial charge in [0.15, 0.2) is 0 Å². The van der Waals surface area contributed by atoms with Crippen molar-refractivity contribution in [3.05, 3.63) is 29.8 Å². The monoisotopic (exact) mass is 321 g/mol. The summed E-state index contributed by atoms with van der Waals surface area (Å²) >= 11 is 0. The second kappa shape index (κ2) is 9.53. The fourth-order valence-corrected chi connectivity index (χ4v) is 2.91. The second-order valence-corrected chi connectivity index (χ2v) is 6.16. The molecule has 0 heterocycles. The van der Waals surface area contributed by atoms with Crippen LogP contribution in [0.25, 0.3) is 0 Å². The highest BCUT2D eigenvalue weighted by molar-refractivity contribution is 5.77.